The number of fused-ring (bicyclic) bond motifs is 8. The van der Waals surface area contributed by atoms with Gasteiger partial charge in [-0.15, -0.1) is 11.5 Å². The second-order valence-corrected chi connectivity index (χ2v) is 4.87. The van der Waals surface area contributed by atoms with Crippen LogP contribution in [0.4, 0.5) is 0 Å². The van der Waals surface area contributed by atoms with Crippen molar-refractivity contribution < 1.29 is 24.5 Å². The Kier molecular flexibility index (Phi) is 2.64. The number of hydrogen-bond donors (Lipinski definition) is 0. The van der Waals surface area contributed by atoms with Crippen LogP contribution in [0.5, 0.6) is 0 Å². The zero-order valence-corrected chi connectivity index (χ0v) is 13.2. The van der Waals surface area contributed by atoms with Crippen molar-refractivity contribution in [3.8, 4) is 0 Å². The predicted molar refractivity (Wildman–Crippen MR) is 78.8 cm³/mol. The Morgan fingerprint density at radius 3 is 2.71 bits per heavy atom. The molecule has 0 aliphatic heterocycles. The van der Waals surface area contributed by atoms with E-state index in [0.29, 0.717) is 0 Å². The summed E-state index contributed by atoms with van der Waals surface area (Å²) in [6, 6.07) is 17.5. The summed E-state index contributed by atoms with van der Waals surface area (Å²) in [7, 11) is 0. The van der Waals surface area contributed by atoms with Crippen molar-refractivity contribution in [3.63, 3.8) is 0 Å². The molecule has 0 N–H and O–H groups in total. The maximum Gasteiger partial charge on any atom is 0.124 e. The Morgan fingerprint density at radius 1 is 1.00 bits per heavy atom. The van der Waals surface area contributed by atoms with Crippen molar-refractivity contribution in [1.82, 2.24) is 9.38 Å². The molecule has 5 rings (SSSR count). The van der Waals surface area contributed by atoms with Crippen molar-refractivity contribution in [2.75, 3.05) is 0 Å². The van der Waals surface area contributed by atoms with E-state index < -0.39 is 0 Å². The molecule has 3 nitrogen and oxygen atoms in total. The Hall–Kier alpha value is -2.16. The van der Waals surface area contributed by atoms with E-state index >= 15 is 0 Å². The Morgan fingerprint density at radius 2 is 1.81 bits per heavy atom. The first-order valence-corrected chi connectivity index (χ1v) is 6.50. The van der Waals surface area contributed by atoms with Gasteiger partial charge in [0.25, 0.3) is 0 Å². The van der Waals surface area contributed by atoms with Crippen molar-refractivity contribution >= 4 is 38.4 Å². The van der Waals surface area contributed by atoms with Gasteiger partial charge in [0.1, 0.15) is 5.65 Å². The predicted octanol–water partition coefficient (Wildman–Crippen LogP) is 4.18. The third kappa shape index (κ3) is 1.54. The van der Waals surface area contributed by atoms with E-state index in [1.54, 1.807) is 6.26 Å². The normalized spacial score (nSPS) is 11.4. The van der Waals surface area contributed by atoms with Crippen molar-refractivity contribution in [3.05, 3.63) is 61.0 Å². The molecule has 0 amide bonds. The minimum Gasteiger partial charge on any atom is -0.535 e. The second-order valence-electron chi connectivity index (χ2n) is 4.87. The van der Waals surface area contributed by atoms with Crippen LogP contribution in [-0.4, -0.2) is 9.38 Å². The number of rotatable bonds is 0. The maximum atomic E-state index is 5.63. The van der Waals surface area contributed by atoms with Gasteiger partial charge < -0.3 is 8.82 Å². The molecule has 5 aromatic rings. The van der Waals surface area contributed by atoms with Gasteiger partial charge in [-0.1, -0.05) is 30.3 Å². The molecule has 0 saturated heterocycles. The molecular formula is C17H9IrN2O-. The van der Waals surface area contributed by atoms with Crippen LogP contribution in [0.1, 0.15) is 0 Å². The molecule has 0 spiro atoms. The SMILES string of the molecule is [Ir].[c-]1coc2c1c1nc3ccccn3c1c1ccccc12. The van der Waals surface area contributed by atoms with Crippen molar-refractivity contribution in [2.45, 2.75) is 0 Å². The summed E-state index contributed by atoms with van der Waals surface area (Å²) in [5.41, 5.74) is 3.85. The van der Waals surface area contributed by atoms with Crippen LogP contribution < -0.4 is 0 Å². The quantitative estimate of drug-likeness (QED) is 0.332. The molecule has 0 saturated carbocycles. The molecule has 0 bridgehead atoms. The molecule has 1 radical (unpaired) electrons. The molecule has 3 aromatic heterocycles. The second kappa shape index (κ2) is 4.42. The first-order valence-electron chi connectivity index (χ1n) is 6.50. The van der Waals surface area contributed by atoms with E-state index in [1.807, 2.05) is 36.5 Å². The average molecular weight is 449 g/mol. The minimum atomic E-state index is 0. The standard InChI is InChI=1S/C17H9N2O.Ir/c1-2-6-12-11(5-1)16-15(13-8-10-20-17(12)13)18-14-7-3-4-9-19(14)16;/h1-7,9-10H;/q-1;. The van der Waals surface area contributed by atoms with Crippen LogP contribution in [0.25, 0.3) is 38.4 Å². The van der Waals surface area contributed by atoms with E-state index in [4.69, 9.17) is 9.40 Å². The number of imidazole rings is 1. The van der Waals surface area contributed by atoms with Gasteiger partial charge in [0.05, 0.1) is 0 Å². The van der Waals surface area contributed by atoms with E-state index in [1.165, 1.54) is 0 Å². The molecule has 4 heteroatoms. The number of hydrogen-bond acceptors (Lipinski definition) is 2. The van der Waals surface area contributed by atoms with E-state index in [9.17, 15) is 0 Å². The molecule has 0 aliphatic rings. The monoisotopic (exact) mass is 450 g/mol. The molecule has 2 aromatic carbocycles. The van der Waals surface area contributed by atoms with Gasteiger partial charge in [0, 0.05) is 43.7 Å². The summed E-state index contributed by atoms with van der Waals surface area (Å²) in [4.78, 5) is 4.74. The zero-order chi connectivity index (χ0) is 13.1. The summed E-state index contributed by atoms with van der Waals surface area (Å²) in [5.74, 6) is 0. The summed E-state index contributed by atoms with van der Waals surface area (Å²) in [6.07, 6.45) is 3.66. The van der Waals surface area contributed by atoms with Crippen LogP contribution in [0, 0.1) is 6.07 Å². The molecule has 0 fully saturated rings. The molecule has 0 atom stereocenters. The largest absolute Gasteiger partial charge is 0.535 e. The van der Waals surface area contributed by atoms with Crippen molar-refractivity contribution in [2.24, 2.45) is 0 Å². The van der Waals surface area contributed by atoms with E-state index in [0.717, 1.165) is 38.4 Å². The van der Waals surface area contributed by atoms with Gasteiger partial charge in [0.2, 0.25) is 0 Å². The zero-order valence-electron chi connectivity index (χ0n) is 10.8. The number of pyridine rings is 1. The summed E-state index contributed by atoms with van der Waals surface area (Å²) < 4.78 is 7.75. The minimum absolute atomic E-state index is 0. The molecule has 103 valence electrons. The molecular weight excluding hydrogens is 440 g/mol. The molecule has 3 heterocycles. The summed E-state index contributed by atoms with van der Waals surface area (Å²) >= 11 is 0. The fraction of sp³-hybridized carbons (Fsp3) is 0. The smallest absolute Gasteiger partial charge is 0.124 e. The van der Waals surface area contributed by atoms with E-state index in [2.05, 4.69) is 22.6 Å². The fourth-order valence-electron chi connectivity index (χ4n) is 2.96. The number of aromatic nitrogens is 2. The number of nitrogens with zero attached hydrogens (tertiary/aromatic N) is 2. The third-order valence-corrected chi connectivity index (χ3v) is 3.80. The van der Waals surface area contributed by atoms with Crippen LogP contribution in [0.15, 0.2) is 59.3 Å². The van der Waals surface area contributed by atoms with Gasteiger partial charge in [0.15, 0.2) is 0 Å². The van der Waals surface area contributed by atoms with Gasteiger partial charge in [-0.25, -0.2) is 0 Å². The average Bonchev–Trinajstić information content (AvgIpc) is 3.12. The summed E-state index contributed by atoms with van der Waals surface area (Å²) in [6.45, 7) is 0. The number of benzene rings is 2. The third-order valence-electron chi connectivity index (χ3n) is 3.80. The Balaban J connectivity index is 0.00000115. The maximum absolute atomic E-state index is 5.63. The molecule has 0 unspecified atom stereocenters. The van der Waals surface area contributed by atoms with Gasteiger partial charge in [-0.05, 0) is 28.4 Å². The van der Waals surface area contributed by atoms with Gasteiger partial charge in [-0.3, -0.25) is 4.98 Å². The van der Waals surface area contributed by atoms with Crippen LogP contribution in [0.2, 0.25) is 0 Å². The first kappa shape index (κ1) is 12.6. The van der Waals surface area contributed by atoms with Gasteiger partial charge >= 0.3 is 0 Å². The topological polar surface area (TPSA) is 30.4 Å². The van der Waals surface area contributed by atoms with Crippen LogP contribution >= 0.6 is 0 Å². The first-order chi connectivity index (χ1) is 9.93. The van der Waals surface area contributed by atoms with Crippen LogP contribution in [-0.2, 0) is 20.1 Å². The molecule has 21 heavy (non-hydrogen) atoms. The summed E-state index contributed by atoms with van der Waals surface area (Å²) in [5, 5.41) is 3.20. The Labute approximate surface area is 133 Å². The fourth-order valence-corrected chi connectivity index (χ4v) is 2.96. The van der Waals surface area contributed by atoms with E-state index in [-0.39, 0.29) is 20.1 Å². The number of furan rings is 1. The van der Waals surface area contributed by atoms with Crippen molar-refractivity contribution in [1.29, 1.82) is 0 Å². The van der Waals surface area contributed by atoms with Gasteiger partial charge in [-0.2, -0.15) is 0 Å². The molecule has 0 aliphatic carbocycles. The Bertz CT molecular complexity index is 1100. The van der Waals surface area contributed by atoms with Crippen LogP contribution in [0.3, 0.4) is 0 Å².